The van der Waals surface area contributed by atoms with Crippen LogP contribution in [-0.2, 0) is 0 Å². The molecule has 1 rings (SSSR count). The third kappa shape index (κ3) is 3.64. The van der Waals surface area contributed by atoms with Gasteiger partial charge >= 0.3 is 0 Å². The summed E-state index contributed by atoms with van der Waals surface area (Å²) in [5.41, 5.74) is 2.01. The van der Waals surface area contributed by atoms with E-state index >= 15 is 0 Å². The molecule has 1 unspecified atom stereocenters. The molecule has 0 fully saturated rings. The molecule has 88 valence electrons. The van der Waals surface area contributed by atoms with Crippen molar-refractivity contribution in [3.8, 4) is 0 Å². The molecule has 0 aromatic rings. The van der Waals surface area contributed by atoms with Crippen molar-refractivity contribution in [1.29, 1.82) is 0 Å². The molecular weight excluding hydrogens is 184 g/mol. The molecule has 1 aliphatic carbocycles. The van der Waals surface area contributed by atoms with E-state index in [4.69, 9.17) is 0 Å². The van der Waals surface area contributed by atoms with Crippen LogP contribution in [0.1, 0.15) is 60.3 Å². The number of hydrogen-bond acceptors (Lipinski definition) is 1. The zero-order valence-electron chi connectivity index (χ0n) is 10.9. The summed E-state index contributed by atoms with van der Waals surface area (Å²) >= 11 is 0. The second kappa shape index (κ2) is 4.29. The smallest absolute Gasteiger partial charge is 0.0566 e. The molecule has 15 heavy (non-hydrogen) atoms. The summed E-state index contributed by atoms with van der Waals surface area (Å²) in [6.07, 6.45) is 6.89. The first-order valence-corrected chi connectivity index (χ1v) is 6.09. The Morgan fingerprint density at radius 3 is 2.53 bits per heavy atom. The van der Waals surface area contributed by atoms with Gasteiger partial charge in [0.05, 0.1) is 6.10 Å². The second-order valence-corrected chi connectivity index (χ2v) is 6.58. The zero-order chi connectivity index (χ0) is 11.7. The van der Waals surface area contributed by atoms with Crippen molar-refractivity contribution in [2.45, 2.75) is 66.4 Å². The van der Waals surface area contributed by atoms with Crippen LogP contribution in [-0.4, -0.2) is 11.2 Å². The Balaban J connectivity index is 2.63. The monoisotopic (exact) mass is 210 g/mol. The van der Waals surface area contributed by atoms with Crippen LogP contribution in [0.25, 0.3) is 0 Å². The van der Waals surface area contributed by atoms with Gasteiger partial charge in [-0.1, -0.05) is 39.3 Å². The summed E-state index contributed by atoms with van der Waals surface area (Å²) in [7, 11) is 0. The van der Waals surface area contributed by atoms with Crippen LogP contribution in [0.3, 0.4) is 0 Å². The van der Waals surface area contributed by atoms with Crippen LogP contribution in [0.2, 0.25) is 0 Å². The Morgan fingerprint density at radius 2 is 2.07 bits per heavy atom. The molecule has 0 radical (unpaired) electrons. The molecule has 0 heterocycles. The van der Waals surface area contributed by atoms with Crippen LogP contribution in [0, 0.1) is 10.8 Å². The van der Waals surface area contributed by atoms with Crippen molar-refractivity contribution in [3.05, 3.63) is 11.6 Å². The second-order valence-electron chi connectivity index (χ2n) is 6.58. The fourth-order valence-corrected chi connectivity index (χ4v) is 2.31. The largest absolute Gasteiger partial charge is 0.393 e. The molecule has 0 aliphatic heterocycles. The topological polar surface area (TPSA) is 20.2 Å². The average Bonchev–Trinajstić information content (AvgIpc) is 2.00. The molecule has 1 atom stereocenters. The maximum absolute atomic E-state index is 9.71. The molecular formula is C14H26O. The number of aliphatic hydroxyl groups excluding tert-OH is 1. The molecule has 0 aromatic carbocycles. The van der Waals surface area contributed by atoms with E-state index in [1.54, 1.807) is 0 Å². The standard InChI is InChI=1S/C14H26O/c1-11(15)14(4,5)10-12-7-6-8-13(2,3)9-12/h7,11,15H,6,8-10H2,1-5H3. The summed E-state index contributed by atoms with van der Waals surface area (Å²) in [4.78, 5) is 0. The van der Waals surface area contributed by atoms with Crippen molar-refractivity contribution in [2.24, 2.45) is 10.8 Å². The molecule has 0 aromatic heterocycles. The van der Waals surface area contributed by atoms with Crippen molar-refractivity contribution in [2.75, 3.05) is 0 Å². The molecule has 0 saturated carbocycles. The fourth-order valence-electron chi connectivity index (χ4n) is 2.31. The summed E-state index contributed by atoms with van der Waals surface area (Å²) in [6, 6.07) is 0. The summed E-state index contributed by atoms with van der Waals surface area (Å²) < 4.78 is 0. The van der Waals surface area contributed by atoms with Gasteiger partial charge < -0.3 is 5.11 Å². The highest BCUT2D eigenvalue weighted by Crippen LogP contribution is 2.40. The van der Waals surface area contributed by atoms with Crippen LogP contribution < -0.4 is 0 Å². The van der Waals surface area contributed by atoms with Crippen LogP contribution in [0.5, 0.6) is 0 Å². The first kappa shape index (κ1) is 12.8. The highest BCUT2D eigenvalue weighted by atomic mass is 16.3. The van der Waals surface area contributed by atoms with Crippen LogP contribution in [0.4, 0.5) is 0 Å². The van der Waals surface area contributed by atoms with Crippen molar-refractivity contribution >= 4 is 0 Å². The molecule has 0 spiro atoms. The highest BCUT2D eigenvalue weighted by Gasteiger charge is 2.29. The third-order valence-corrected chi connectivity index (χ3v) is 3.77. The Bertz CT molecular complexity index is 246. The number of rotatable bonds is 3. The van der Waals surface area contributed by atoms with Gasteiger partial charge in [-0.05, 0) is 43.4 Å². The summed E-state index contributed by atoms with van der Waals surface area (Å²) in [5, 5.41) is 9.71. The Kier molecular flexibility index (Phi) is 3.65. The molecule has 0 saturated heterocycles. The lowest BCUT2D eigenvalue weighted by molar-refractivity contribution is 0.0643. The van der Waals surface area contributed by atoms with E-state index in [0.717, 1.165) is 6.42 Å². The van der Waals surface area contributed by atoms with Crippen molar-refractivity contribution < 1.29 is 5.11 Å². The predicted octanol–water partition coefficient (Wildman–Crippen LogP) is 3.92. The Hall–Kier alpha value is -0.300. The maximum Gasteiger partial charge on any atom is 0.0566 e. The summed E-state index contributed by atoms with van der Waals surface area (Å²) in [6.45, 7) is 10.9. The van der Waals surface area contributed by atoms with Gasteiger partial charge in [0.25, 0.3) is 0 Å². The van der Waals surface area contributed by atoms with E-state index < -0.39 is 0 Å². The number of hydrogen-bond donors (Lipinski definition) is 1. The van der Waals surface area contributed by atoms with E-state index in [1.165, 1.54) is 24.8 Å². The predicted molar refractivity (Wildman–Crippen MR) is 65.8 cm³/mol. The molecule has 0 amide bonds. The summed E-state index contributed by atoms with van der Waals surface area (Å²) in [5.74, 6) is 0. The lowest BCUT2D eigenvalue weighted by Crippen LogP contribution is -2.28. The molecule has 1 N–H and O–H groups in total. The third-order valence-electron chi connectivity index (χ3n) is 3.77. The zero-order valence-corrected chi connectivity index (χ0v) is 10.9. The van der Waals surface area contributed by atoms with Gasteiger partial charge in [0.2, 0.25) is 0 Å². The lowest BCUT2D eigenvalue weighted by atomic mass is 9.72. The quantitative estimate of drug-likeness (QED) is 0.700. The minimum atomic E-state index is -0.233. The minimum absolute atomic E-state index is 0.0131. The Morgan fingerprint density at radius 1 is 1.47 bits per heavy atom. The molecule has 1 heteroatoms. The first-order chi connectivity index (χ1) is 6.73. The first-order valence-electron chi connectivity index (χ1n) is 6.09. The van der Waals surface area contributed by atoms with Gasteiger partial charge in [0.15, 0.2) is 0 Å². The lowest BCUT2D eigenvalue weighted by Gasteiger charge is -2.35. The van der Waals surface area contributed by atoms with Gasteiger partial charge in [-0.3, -0.25) is 0 Å². The maximum atomic E-state index is 9.71. The fraction of sp³-hybridized carbons (Fsp3) is 0.857. The Labute approximate surface area is 94.6 Å². The van der Waals surface area contributed by atoms with E-state index in [9.17, 15) is 5.11 Å². The van der Waals surface area contributed by atoms with E-state index in [0.29, 0.717) is 5.41 Å². The van der Waals surface area contributed by atoms with E-state index in [2.05, 4.69) is 33.8 Å². The highest BCUT2D eigenvalue weighted by molar-refractivity contribution is 5.11. The molecule has 1 aliphatic rings. The average molecular weight is 210 g/mol. The minimum Gasteiger partial charge on any atom is -0.393 e. The van der Waals surface area contributed by atoms with Gasteiger partial charge in [-0.2, -0.15) is 0 Å². The molecule has 0 bridgehead atoms. The van der Waals surface area contributed by atoms with Gasteiger partial charge in [0.1, 0.15) is 0 Å². The van der Waals surface area contributed by atoms with E-state index in [1.807, 2.05) is 6.92 Å². The normalized spacial score (nSPS) is 23.5. The number of allylic oxidation sites excluding steroid dienone is 2. The van der Waals surface area contributed by atoms with Crippen LogP contribution >= 0.6 is 0 Å². The SMILES string of the molecule is CC(O)C(C)(C)CC1=CCCC(C)(C)C1. The van der Waals surface area contributed by atoms with Crippen molar-refractivity contribution in [1.82, 2.24) is 0 Å². The van der Waals surface area contributed by atoms with Crippen LogP contribution in [0.15, 0.2) is 11.6 Å². The van der Waals surface area contributed by atoms with E-state index in [-0.39, 0.29) is 11.5 Å². The number of aliphatic hydroxyl groups is 1. The van der Waals surface area contributed by atoms with Gasteiger partial charge in [-0.25, -0.2) is 0 Å². The van der Waals surface area contributed by atoms with Gasteiger partial charge in [-0.15, -0.1) is 0 Å². The molecule has 1 nitrogen and oxygen atoms in total. The van der Waals surface area contributed by atoms with Crippen molar-refractivity contribution in [3.63, 3.8) is 0 Å². The van der Waals surface area contributed by atoms with Gasteiger partial charge in [0, 0.05) is 0 Å².